The SMILES string of the molecule is COc1ccc(C(CNC(=O)c2ccc(CNC(C)=O)s2)N2CCOCC2)cc1OC. The summed E-state index contributed by atoms with van der Waals surface area (Å²) in [6, 6.07) is 9.48. The molecule has 0 radical (unpaired) electrons. The number of hydrogen-bond donors (Lipinski definition) is 2. The summed E-state index contributed by atoms with van der Waals surface area (Å²) in [5, 5.41) is 5.82. The van der Waals surface area contributed by atoms with Crippen LogP contribution in [0, 0.1) is 0 Å². The quantitative estimate of drug-likeness (QED) is 0.613. The number of morpholine rings is 1. The van der Waals surface area contributed by atoms with Crippen LogP contribution in [0.15, 0.2) is 30.3 Å². The molecule has 2 N–H and O–H groups in total. The van der Waals surface area contributed by atoms with E-state index in [1.807, 2.05) is 24.3 Å². The van der Waals surface area contributed by atoms with E-state index in [9.17, 15) is 9.59 Å². The Morgan fingerprint density at radius 3 is 2.52 bits per heavy atom. The van der Waals surface area contributed by atoms with E-state index in [0.29, 0.717) is 42.7 Å². The Hall–Kier alpha value is -2.62. The summed E-state index contributed by atoms with van der Waals surface area (Å²) in [5.74, 6) is 1.10. The number of ether oxygens (including phenoxy) is 3. The molecule has 1 unspecified atom stereocenters. The van der Waals surface area contributed by atoms with Crippen LogP contribution >= 0.6 is 11.3 Å². The van der Waals surface area contributed by atoms with Gasteiger partial charge in [-0.1, -0.05) is 6.07 Å². The first-order chi connectivity index (χ1) is 15.0. The third-order valence-corrected chi connectivity index (χ3v) is 6.22. The van der Waals surface area contributed by atoms with Gasteiger partial charge in [0.2, 0.25) is 5.91 Å². The van der Waals surface area contributed by atoms with Gasteiger partial charge >= 0.3 is 0 Å². The molecule has 1 aliphatic heterocycles. The maximum atomic E-state index is 12.8. The third-order valence-electron chi connectivity index (χ3n) is 5.13. The Labute approximate surface area is 186 Å². The number of carbonyl (C=O) groups excluding carboxylic acids is 2. The monoisotopic (exact) mass is 447 g/mol. The zero-order chi connectivity index (χ0) is 22.2. The molecular weight excluding hydrogens is 418 g/mol. The summed E-state index contributed by atoms with van der Waals surface area (Å²) in [4.78, 5) is 27.7. The smallest absolute Gasteiger partial charge is 0.261 e. The lowest BCUT2D eigenvalue weighted by Gasteiger charge is -2.35. The van der Waals surface area contributed by atoms with Crippen LogP contribution in [-0.2, 0) is 16.1 Å². The van der Waals surface area contributed by atoms with Crippen LogP contribution in [0.4, 0.5) is 0 Å². The maximum Gasteiger partial charge on any atom is 0.261 e. The lowest BCUT2D eigenvalue weighted by atomic mass is 10.0. The Balaban J connectivity index is 1.72. The second kappa shape index (κ2) is 11.1. The number of nitrogens with zero attached hydrogens (tertiary/aromatic N) is 1. The van der Waals surface area contributed by atoms with Gasteiger partial charge in [-0.3, -0.25) is 14.5 Å². The predicted molar refractivity (Wildman–Crippen MR) is 119 cm³/mol. The highest BCUT2D eigenvalue weighted by Gasteiger charge is 2.25. The Morgan fingerprint density at radius 1 is 1.10 bits per heavy atom. The van der Waals surface area contributed by atoms with Gasteiger partial charge < -0.3 is 24.8 Å². The van der Waals surface area contributed by atoms with E-state index in [1.165, 1.54) is 18.3 Å². The van der Waals surface area contributed by atoms with Crippen molar-refractivity contribution in [2.24, 2.45) is 0 Å². The van der Waals surface area contributed by atoms with Crippen molar-refractivity contribution >= 4 is 23.2 Å². The minimum atomic E-state index is -0.127. The molecule has 168 valence electrons. The zero-order valence-corrected chi connectivity index (χ0v) is 18.9. The number of benzene rings is 1. The number of thiophene rings is 1. The first kappa shape index (κ1) is 23.1. The first-order valence-corrected chi connectivity index (χ1v) is 11.0. The summed E-state index contributed by atoms with van der Waals surface area (Å²) in [6.45, 7) is 5.25. The van der Waals surface area contributed by atoms with Gasteiger partial charge in [0.05, 0.1) is 44.9 Å². The van der Waals surface area contributed by atoms with Crippen LogP contribution in [0.25, 0.3) is 0 Å². The first-order valence-electron chi connectivity index (χ1n) is 10.2. The van der Waals surface area contributed by atoms with Crippen molar-refractivity contribution in [3.8, 4) is 11.5 Å². The van der Waals surface area contributed by atoms with Gasteiger partial charge in [0.15, 0.2) is 11.5 Å². The predicted octanol–water partition coefficient (Wildman–Crippen LogP) is 2.20. The second-order valence-corrected chi connectivity index (χ2v) is 8.33. The maximum absolute atomic E-state index is 12.8. The Kier molecular flexibility index (Phi) is 8.27. The van der Waals surface area contributed by atoms with E-state index in [4.69, 9.17) is 14.2 Å². The highest BCUT2D eigenvalue weighted by atomic mass is 32.1. The summed E-state index contributed by atoms with van der Waals surface area (Å²) in [5.41, 5.74) is 1.04. The number of nitrogens with one attached hydrogen (secondary N) is 2. The van der Waals surface area contributed by atoms with Crippen LogP contribution in [0.5, 0.6) is 11.5 Å². The average Bonchev–Trinajstić information content (AvgIpc) is 3.27. The van der Waals surface area contributed by atoms with Crippen LogP contribution in [0.3, 0.4) is 0 Å². The zero-order valence-electron chi connectivity index (χ0n) is 18.1. The Bertz CT molecular complexity index is 895. The van der Waals surface area contributed by atoms with Gasteiger partial charge in [0.25, 0.3) is 5.91 Å². The lowest BCUT2D eigenvalue weighted by Crippen LogP contribution is -2.43. The summed E-state index contributed by atoms with van der Waals surface area (Å²) in [6.07, 6.45) is 0. The van der Waals surface area contributed by atoms with Crippen molar-refractivity contribution in [1.29, 1.82) is 0 Å². The molecule has 0 bridgehead atoms. The molecule has 2 heterocycles. The van der Waals surface area contributed by atoms with Gasteiger partial charge in [0, 0.05) is 31.4 Å². The van der Waals surface area contributed by atoms with E-state index < -0.39 is 0 Å². The van der Waals surface area contributed by atoms with E-state index in [-0.39, 0.29) is 17.9 Å². The van der Waals surface area contributed by atoms with Crippen molar-refractivity contribution in [3.05, 3.63) is 45.6 Å². The molecule has 9 heteroatoms. The van der Waals surface area contributed by atoms with Gasteiger partial charge in [0.1, 0.15) is 0 Å². The molecule has 31 heavy (non-hydrogen) atoms. The molecule has 2 aromatic rings. The van der Waals surface area contributed by atoms with E-state index in [0.717, 1.165) is 23.5 Å². The van der Waals surface area contributed by atoms with E-state index in [2.05, 4.69) is 15.5 Å². The number of carbonyl (C=O) groups is 2. The highest BCUT2D eigenvalue weighted by molar-refractivity contribution is 7.14. The van der Waals surface area contributed by atoms with Gasteiger partial charge in [-0.05, 0) is 29.8 Å². The van der Waals surface area contributed by atoms with Crippen LogP contribution in [0.2, 0.25) is 0 Å². The molecule has 8 nitrogen and oxygen atoms in total. The van der Waals surface area contributed by atoms with E-state index >= 15 is 0 Å². The second-order valence-electron chi connectivity index (χ2n) is 7.16. The molecule has 0 saturated carbocycles. The molecule has 0 aliphatic carbocycles. The van der Waals surface area contributed by atoms with Gasteiger partial charge in [-0.25, -0.2) is 0 Å². The number of methoxy groups -OCH3 is 2. The highest BCUT2D eigenvalue weighted by Crippen LogP contribution is 2.32. The molecule has 1 aliphatic rings. The minimum absolute atomic E-state index is 0.0218. The molecule has 1 aromatic heterocycles. The van der Waals surface area contributed by atoms with Crippen molar-refractivity contribution in [2.75, 3.05) is 47.1 Å². The molecule has 1 atom stereocenters. The number of rotatable bonds is 9. The summed E-state index contributed by atoms with van der Waals surface area (Å²) < 4.78 is 16.3. The molecule has 3 rings (SSSR count). The molecule has 1 aromatic carbocycles. The average molecular weight is 448 g/mol. The van der Waals surface area contributed by atoms with Crippen molar-refractivity contribution in [1.82, 2.24) is 15.5 Å². The minimum Gasteiger partial charge on any atom is -0.493 e. The van der Waals surface area contributed by atoms with Crippen LogP contribution in [-0.4, -0.2) is 63.8 Å². The van der Waals surface area contributed by atoms with E-state index in [1.54, 1.807) is 20.3 Å². The summed E-state index contributed by atoms with van der Waals surface area (Å²) >= 11 is 1.38. The fourth-order valence-corrected chi connectivity index (χ4v) is 4.35. The fourth-order valence-electron chi connectivity index (χ4n) is 3.49. The Morgan fingerprint density at radius 2 is 1.84 bits per heavy atom. The third kappa shape index (κ3) is 6.19. The largest absolute Gasteiger partial charge is 0.493 e. The normalized spacial score (nSPS) is 15.2. The molecule has 1 fully saturated rings. The standard InChI is InChI=1S/C22H29N3O5S/c1-15(26)23-13-17-5-7-21(31-17)22(27)24-14-18(25-8-10-30-11-9-25)16-4-6-19(28-2)20(12-16)29-3/h4-7,12,18H,8-11,13-14H2,1-3H3,(H,23,26)(H,24,27). The molecule has 0 spiro atoms. The van der Waals surface area contributed by atoms with Crippen LogP contribution in [0.1, 0.15) is 33.1 Å². The van der Waals surface area contributed by atoms with Crippen molar-refractivity contribution in [2.45, 2.75) is 19.5 Å². The van der Waals surface area contributed by atoms with Gasteiger partial charge in [-0.2, -0.15) is 0 Å². The van der Waals surface area contributed by atoms with Gasteiger partial charge in [-0.15, -0.1) is 11.3 Å². The van der Waals surface area contributed by atoms with Crippen LogP contribution < -0.4 is 20.1 Å². The molecule has 1 saturated heterocycles. The number of hydrogen-bond acceptors (Lipinski definition) is 7. The van der Waals surface area contributed by atoms with Crippen molar-refractivity contribution < 1.29 is 23.8 Å². The lowest BCUT2D eigenvalue weighted by molar-refractivity contribution is -0.119. The number of amides is 2. The van der Waals surface area contributed by atoms with Crippen molar-refractivity contribution in [3.63, 3.8) is 0 Å². The molecule has 2 amide bonds. The summed E-state index contributed by atoms with van der Waals surface area (Å²) in [7, 11) is 3.22. The fraction of sp³-hybridized carbons (Fsp3) is 0.455. The molecular formula is C22H29N3O5S. The topological polar surface area (TPSA) is 89.1 Å².